The van der Waals surface area contributed by atoms with E-state index in [-0.39, 0.29) is 11.9 Å². The molecule has 5 heteroatoms. The molecule has 0 spiro atoms. The zero-order valence-corrected chi connectivity index (χ0v) is 14.3. The number of benzene rings is 1. The fourth-order valence-electron chi connectivity index (χ4n) is 2.36. The fraction of sp³-hybridized carbons (Fsp3) is 0.444. The third-order valence-electron chi connectivity index (χ3n) is 3.86. The summed E-state index contributed by atoms with van der Waals surface area (Å²) in [5.41, 5.74) is 2.28. The number of hydrogen-bond acceptors (Lipinski definition) is 3. The average Bonchev–Trinajstić information content (AvgIpc) is 2.96. The molecular formula is C18H25N3O2. The van der Waals surface area contributed by atoms with Gasteiger partial charge in [-0.15, -0.1) is 0 Å². The zero-order valence-electron chi connectivity index (χ0n) is 14.3. The van der Waals surface area contributed by atoms with Gasteiger partial charge in [0.05, 0.1) is 25.3 Å². The monoisotopic (exact) mass is 315 g/mol. The quantitative estimate of drug-likeness (QED) is 0.843. The van der Waals surface area contributed by atoms with Crippen molar-refractivity contribution < 1.29 is 9.53 Å². The van der Waals surface area contributed by atoms with Crippen LogP contribution in [0.3, 0.4) is 0 Å². The Morgan fingerprint density at radius 2 is 2.13 bits per heavy atom. The molecule has 0 aliphatic rings. The van der Waals surface area contributed by atoms with Gasteiger partial charge in [-0.25, -0.2) is 4.68 Å². The molecule has 0 aliphatic heterocycles. The van der Waals surface area contributed by atoms with E-state index in [9.17, 15) is 4.79 Å². The van der Waals surface area contributed by atoms with Gasteiger partial charge >= 0.3 is 0 Å². The molecular weight excluding hydrogens is 290 g/mol. The molecule has 0 saturated heterocycles. The number of ether oxygens (including phenoxy) is 1. The van der Waals surface area contributed by atoms with E-state index >= 15 is 0 Å². The number of aryl methyl sites for hydroxylation is 2. The highest BCUT2D eigenvalue weighted by atomic mass is 16.5. The van der Waals surface area contributed by atoms with Crippen molar-refractivity contribution in [2.24, 2.45) is 0 Å². The number of nitrogens with one attached hydrogen (secondary N) is 1. The lowest BCUT2D eigenvalue weighted by molar-refractivity contribution is -0.116. The minimum absolute atomic E-state index is 0.0696. The van der Waals surface area contributed by atoms with Crippen LogP contribution in [-0.2, 0) is 4.79 Å². The molecule has 1 amide bonds. The first-order valence-electron chi connectivity index (χ1n) is 8.04. The fourth-order valence-corrected chi connectivity index (χ4v) is 2.36. The van der Waals surface area contributed by atoms with Crippen molar-refractivity contribution in [2.75, 3.05) is 11.9 Å². The van der Waals surface area contributed by atoms with E-state index in [1.165, 1.54) is 5.56 Å². The van der Waals surface area contributed by atoms with Crippen LogP contribution in [0.5, 0.6) is 5.75 Å². The SMILES string of the molecule is CCC(C)n1nccc1NC(=O)CCOc1ccc(C)cc1C. The summed E-state index contributed by atoms with van der Waals surface area (Å²) in [4.78, 5) is 12.1. The standard InChI is InChI=1S/C18H25N3O2/c1-5-15(4)21-17(8-10-19-21)20-18(22)9-11-23-16-7-6-13(2)12-14(16)3/h6-8,10,12,15H,5,9,11H2,1-4H3,(H,20,22). The van der Waals surface area contributed by atoms with Gasteiger partial charge < -0.3 is 10.1 Å². The minimum atomic E-state index is -0.0696. The van der Waals surface area contributed by atoms with E-state index in [0.29, 0.717) is 13.0 Å². The van der Waals surface area contributed by atoms with Gasteiger partial charge in [0.15, 0.2) is 0 Å². The van der Waals surface area contributed by atoms with E-state index in [0.717, 1.165) is 23.6 Å². The summed E-state index contributed by atoms with van der Waals surface area (Å²) in [6.07, 6.45) is 2.97. The van der Waals surface area contributed by atoms with Crippen LogP contribution >= 0.6 is 0 Å². The van der Waals surface area contributed by atoms with E-state index < -0.39 is 0 Å². The summed E-state index contributed by atoms with van der Waals surface area (Å²) in [7, 11) is 0. The number of carbonyl (C=O) groups excluding carboxylic acids is 1. The van der Waals surface area contributed by atoms with Gasteiger partial charge in [0, 0.05) is 6.07 Å². The van der Waals surface area contributed by atoms with Crippen molar-refractivity contribution in [3.63, 3.8) is 0 Å². The summed E-state index contributed by atoms with van der Waals surface area (Å²) in [6.45, 7) is 8.58. The summed E-state index contributed by atoms with van der Waals surface area (Å²) < 4.78 is 7.53. The Bertz CT molecular complexity index is 664. The molecule has 2 rings (SSSR count). The lowest BCUT2D eigenvalue weighted by Crippen LogP contribution is -2.19. The molecule has 1 N–H and O–H groups in total. The normalized spacial score (nSPS) is 12.0. The molecule has 5 nitrogen and oxygen atoms in total. The Hall–Kier alpha value is -2.30. The molecule has 2 aromatic rings. The molecule has 23 heavy (non-hydrogen) atoms. The van der Waals surface area contributed by atoms with Crippen molar-refractivity contribution in [3.8, 4) is 5.75 Å². The number of aromatic nitrogens is 2. The van der Waals surface area contributed by atoms with Gasteiger partial charge in [0.1, 0.15) is 11.6 Å². The van der Waals surface area contributed by atoms with Crippen molar-refractivity contribution >= 4 is 11.7 Å². The topological polar surface area (TPSA) is 56.2 Å². The van der Waals surface area contributed by atoms with Crippen LogP contribution in [-0.4, -0.2) is 22.3 Å². The van der Waals surface area contributed by atoms with Gasteiger partial charge in [0.25, 0.3) is 0 Å². The predicted molar refractivity (Wildman–Crippen MR) is 91.9 cm³/mol. The number of hydrogen-bond donors (Lipinski definition) is 1. The second-order valence-corrected chi connectivity index (χ2v) is 5.83. The maximum atomic E-state index is 12.1. The van der Waals surface area contributed by atoms with Gasteiger partial charge in [-0.1, -0.05) is 24.6 Å². The second-order valence-electron chi connectivity index (χ2n) is 5.83. The molecule has 0 fully saturated rings. The highest BCUT2D eigenvalue weighted by molar-refractivity contribution is 5.89. The maximum Gasteiger partial charge on any atom is 0.228 e. The molecule has 0 bridgehead atoms. The number of anilines is 1. The molecule has 1 heterocycles. The predicted octanol–water partition coefficient (Wildman–Crippen LogP) is 3.88. The Balaban J connectivity index is 1.85. The van der Waals surface area contributed by atoms with Crippen molar-refractivity contribution in [2.45, 2.75) is 46.6 Å². The van der Waals surface area contributed by atoms with Gasteiger partial charge in [-0.05, 0) is 38.8 Å². The second kappa shape index (κ2) is 7.81. The van der Waals surface area contributed by atoms with E-state index in [1.54, 1.807) is 6.20 Å². The Morgan fingerprint density at radius 3 is 2.83 bits per heavy atom. The van der Waals surface area contributed by atoms with Gasteiger partial charge in [0.2, 0.25) is 5.91 Å². The number of amides is 1. The molecule has 124 valence electrons. The van der Waals surface area contributed by atoms with Gasteiger partial charge in [-0.2, -0.15) is 5.10 Å². The Kier molecular flexibility index (Phi) is 5.79. The summed E-state index contributed by atoms with van der Waals surface area (Å²) in [5.74, 6) is 1.49. The summed E-state index contributed by atoms with van der Waals surface area (Å²) in [6, 6.07) is 8.09. The van der Waals surface area contributed by atoms with Crippen LogP contribution in [0.1, 0.15) is 43.9 Å². The summed E-state index contributed by atoms with van der Waals surface area (Å²) >= 11 is 0. The Morgan fingerprint density at radius 1 is 1.35 bits per heavy atom. The third kappa shape index (κ3) is 4.58. The highest BCUT2D eigenvalue weighted by Gasteiger charge is 2.11. The van der Waals surface area contributed by atoms with Crippen molar-refractivity contribution in [3.05, 3.63) is 41.6 Å². The van der Waals surface area contributed by atoms with Crippen LogP contribution in [0, 0.1) is 13.8 Å². The van der Waals surface area contributed by atoms with Crippen molar-refractivity contribution in [1.82, 2.24) is 9.78 Å². The third-order valence-corrected chi connectivity index (χ3v) is 3.86. The molecule has 1 atom stereocenters. The van der Waals surface area contributed by atoms with Crippen LogP contribution < -0.4 is 10.1 Å². The Labute approximate surface area is 137 Å². The lowest BCUT2D eigenvalue weighted by Gasteiger charge is -2.14. The first kappa shape index (κ1) is 17.1. The van der Waals surface area contributed by atoms with E-state index in [4.69, 9.17) is 4.74 Å². The molecule has 1 aromatic carbocycles. The number of nitrogens with zero attached hydrogens (tertiary/aromatic N) is 2. The first-order chi connectivity index (χ1) is 11.0. The molecule has 0 saturated carbocycles. The maximum absolute atomic E-state index is 12.1. The zero-order chi connectivity index (χ0) is 16.8. The molecule has 1 unspecified atom stereocenters. The largest absolute Gasteiger partial charge is 0.493 e. The molecule has 0 radical (unpaired) electrons. The lowest BCUT2D eigenvalue weighted by atomic mass is 10.1. The van der Waals surface area contributed by atoms with Gasteiger partial charge in [-0.3, -0.25) is 4.79 Å². The smallest absolute Gasteiger partial charge is 0.228 e. The van der Waals surface area contributed by atoms with Crippen LogP contribution in [0.15, 0.2) is 30.5 Å². The minimum Gasteiger partial charge on any atom is -0.493 e. The van der Waals surface area contributed by atoms with Crippen LogP contribution in [0.2, 0.25) is 0 Å². The molecule has 1 aromatic heterocycles. The van der Waals surface area contributed by atoms with E-state index in [2.05, 4.69) is 30.3 Å². The highest BCUT2D eigenvalue weighted by Crippen LogP contribution is 2.19. The average molecular weight is 315 g/mol. The van der Waals surface area contributed by atoms with E-state index in [1.807, 2.05) is 36.7 Å². The van der Waals surface area contributed by atoms with Crippen LogP contribution in [0.25, 0.3) is 0 Å². The molecule has 0 aliphatic carbocycles. The number of rotatable bonds is 7. The number of carbonyl (C=O) groups is 1. The van der Waals surface area contributed by atoms with Crippen LogP contribution in [0.4, 0.5) is 5.82 Å². The van der Waals surface area contributed by atoms with Crippen molar-refractivity contribution in [1.29, 1.82) is 0 Å². The summed E-state index contributed by atoms with van der Waals surface area (Å²) in [5, 5.41) is 7.16. The first-order valence-corrected chi connectivity index (χ1v) is 8.04.